The van der Waals surface area contributed by atoms with Gasteiger partial charge in [-0.3, -0.25) is 4.79 Å². The number of methoxy groups -OCH3 is 1. The van der Waals surface area contributed by atoms with Gasteiger partial charge in [-0.2, -0.15) is 0 Å². The van der Waals surface area contributed by atoms with Gasteiger partial charge in [-0.1, -0.05) is 24.0 Å². The van der Waals surface area contributed by atoms with Crippen molar-refractivity contribution in [3.63, 3.8) is 0 Å². The Kier molecular flexibility index (Phi) is 7.18. The molecule has 0 saturated heterocycles. The number of nitrogens with zero attached hydrogens (tertiary/aromatic N) is 2. The number of ether oxygens (including phenoxy) is 1. The summed E-state index contributed by atoms with van der Waals surface area (Å²) in [6, 6.07) is 5.18. The summed E-state index contributed by atoms with van der Waals surface area (Å²) in [4.78, 5) is 28.4. The first-order chi connectivity index (χ1) is 10.2. The van der Waals surface area contributed by atoms with Gasteiger partial charge in [0.2, 0.25) is 0 Å². The summed E-state index contributed by atoms with van der Waals surface area (Å²) in [5.41, 5.74) is 0.392. The number of esters is 1. The van der Waals surface area contributed by atoms with Crippen LogP contribution in [-0.4, -0.2) is 60.6 Å². The molecule has 0 saturated carbocycles. The van der Waals surface area contributed by atoms with Crippen LogP contribution in [0.3, 0.4) is 0 Å². The Bertz CT molecular complexity index is 548. The van der Waals surface area contributed by atoms with Gasteiger partial charge in [0.25, 0.3) is 5.24 Å². The molecule has 1 amide bonds. The average Bonchev–Trinajstić information content (AvgIpc) is 2.45. The van der Waals surface area contributed by atoms with E-state index in [2.05, 4.69) is 0 Å². The summed E-state index contributed by atoms with van der Waals surface area (Å²) in [6.45, 7) is 0. The smallest absolute Gasteiger partial charge is 0.337 e. The number of thiocarbonyl (C=S) groups is 1. The van der Waals surface area contributed by atoms with Crippen LogP contribution < -0.4 is 0 Å². The highest BCUT2D eigenvalue weighted by molar-refractivity contribution is 8.23. The molecule has 1 aromatic rings. The number of carbonyl (C=O) groups is 2. The van der Waals surface area contributed by atoms with Crippen molar-refractivity contribution in [2.75, 3.05) is 35.3 Å². The van der Waals surface area contributed by atoms with Crippen LogP contribution in [0, 0.1) is 0 Å². The van der Waals surface area contributed by atoms with E-state index in [0.717, 1.165) is 16.7 Å². The summed E-state index contributed by atoms with van der Waals surface area (Å²) in [5.74, 6) is -0.447. The first kappa shape index (κ1) is 18.8. The third-order valence-corrected chi connectivity index (χ3v) is 5.08. The van der Waals surface area contributed by atoms with Crippen molar-refractivity contribution in [1.82, 2.24) is 9.80 Å². The molecule has 0 N–H and O–H groups in total. The highest BCUT2D eigenvalue weighted by atomic mass is 32.2. The van der Waals surface area contributed by atoms with Crippen molar-refractivity contribution in [1.29, 1.82) is 0 Å². The summed E-state index contributed by atoms with van der Waals surface area (Å²) in [6.07, 6.45) is 0. The number of benzene rings is 1. The maximum Gasteiger partial charge on any atom is 0.337 e. The summed E-state index contributed by atoms with van der Waals surface area (Å²) >= 11 is 7.67. The molecule has 0 atom stereocenters. The number of amides is 1. The molecule has 1 aromatic carbocycles. The zero-order valence-electron chi connectivity index (χ0n) is 13.1. The predicted octanol–water partition coefficient (Wildman–Crippen LogP) is 3.19. The van der Waals surface area contributed by atoms with Crippen LogP contribution in [0.25, 0.3) is 0 Å². The van der Waals surface area contributed by atoms with Crippen LogP contribution in [0.4, 0.5) is 4.79 Å². The molecule has 120 valence electrons. The van der Waals surface area contributed by atoms with Gasteiger partial charge in [0.05, 0.1) is 12.7 Å². The van der Waals surface area contributed by atoms with Crippen molar-refractivity contribution in [2.24, 2.45) is 0 Å². The Morgan fingerprint density at radius 3 is 2.00 bits per heavy atom. The van der Waals surface area contributed by atoms with Crippen molar-refractivity contribution in [3.8, 4) is 0 Å². The van der Waals surface area contributed by atoms with Gasteiger partial charge >= 0.3 is 5.97 Å². The largest absolute Gasteiger partial charge is 0.465 e. The van der Waals surface area contributed by atoms with Crippen molar-refractivity contribution >= 4 is 51.3 Å². The van der Waals surface area contributed by atoms with E-state index in [-0.39, 0.29) is 5.24 Å². The average molecular weight is 359 g/mol. The quantitative estimate of drug-likeness (QED) is 0.467. The molecule has 5 nitrogen and oxygen atoms in total. The van der Waals surface area contributed by atoms with Crippen LogP contribution in [-0.2, 0) is 4.74 Å². The van der Waals surface area contributed by atoms with Gasteiger partial charge in [-0.15, -0.1) is 0 Å². The van der Waals surface area contributed by atoms with Crippen LogP contribution >= 0.6 is 35.7 Å². The monoisotopic (exact) mass is 358 g/mol. The number of hydrogen-bond donors (Lipinski definition) is 0. The predicted molar refractivity (Wildman–Crippen MR) is 94.9 cm³/mol. The Hall–Kier alpha value is -1.25. The van der Waals surface area contributed by atoms with Gasteiger partial charge in [0, 0.05) is 38.0 Å². The van der Waals surface area contributed by atoms with E-state index in [1.807, 2.05) is 25.1 Å². The van der Waals surface area contributed by atoms with Gasteiger partial charge in [0.1, 0.15) is 4.32 Å². The third-order valence-electron chi connectivity index (χ3n) is 2.44. The normalized spacial score (nSPS) is 10.0. The molecule has 0 aliphatic rings. The first-order valence-electron chi connectivity index (χ1n) is 6.26. The molecule has 0 unspecified atom stereocenters. The molecule has 0 heterocycles. The van der Waals surface area contributed by atoms with E-state index in [1.54, 1.807) is 26.2 Å². The van der Waals surface area contributed by atoms with Crippen LogP contribution in [0.5, 0.6) is 0 Å². The minimum atomic E-state index is -0.447. The van der Waals surface area contributed by atoms with E-state index in [0.29, 0.717) is 14.8 Å². The first-order valence-corrected chi connectivity index (χ1v) is 8.30. The van der Waals surface area contributed by atoms with Crippen LogP contribution in [0.1, 0.15) is 10.4 Å². The summed E-state index contributed by atoms with van der Waals surface area (Å²) in [7, 11) is 8.38. The Morgan fingerprint density at radius 2 is 1.55 bits per heavy atom. The number of rotatable bonds is 3. The maximum atomic E-state index is 11.8. The minimum absolute atomic E-state index is 0.117. The molecule has 0 bridgehead atoms. The van der Waals surface area contributed by atoms with Crippen molar-refractivity contribution in [2.45, 2.75) is 9.79 Å². The molecule has 0 aromatic heterocycles. The van der Waals surface area contributed by atoms with E-state index in [4.69, 9.17) is 17.0 Å². The molecule has 0 aliphatic heterocycles. The standard InChI is InChI=1S/C14H18N2O3S3/c1-15(2)13(18)21-10-6-9(12(17)19-5)7-11(8-10)22-14(20)16(3)4/h6-8H,1-5H3. The van der Waals surface area contributed by atoms with E-state index < -0.39 is 5.97 Å². The molecule has 0 radical (unpaired) electrons. The highest BCUT2D eigenvalue weighted by Gasteiger charge is 2.14. The van der Waals surface area contributed by atoms with Gasteiger partial charge < -0.3 is 14.5 Å². The zero-order chi connectivity index (χ0) is 16.9. The van der Waals surface area contributed by atoms with Crippen LogP contribution in [0.2, 0.25) is 0 Å². The fourth-order valence-corrected chi connectivity index (χ4v) is 3.18. The number of thioether (sulfide) groups is 2. The lowest BCUT2D eigenvalue weighted by Gasteiger charge is -2.14. The van der Waals surface area contributed by atoms with E-state index in [9.17, 15) is 9.59 Å². The molecule has 8 heteroatoms. The Labute approximate surface area is 144 Å². The summed E-state index contributed by atoms with van der Waals surface area (Å²) in [5, 5.41) is -0.117. The fourth-order valence-electron chi connectivity index (χ4n) is 1.31. The highest BCUT2D eigenvalue weighted by Crippen LogP contribution is 2.30. The second-order valence-corrected chi connectivity index (χ2v) is 7.44. The Balaban J connectivity index is 3.13. The van der Waals surface area contributed by atoms with Gasteiger partial charge in [-0.05, 0) is 30.0 Å². The van der Waals surface area contributed by atoms with Crippen molar-refractivity contribution < 1.29 is 14.3 Å². The third kappa shape index (κ3) is 5.51. The van der Waals surface area contributed by atoms with E-state index in [1.165, 1.54) is 23.8 Å². The molecule has 0 aliphatic carbocycles. The SMILES string of the molecule is COC(=O)c1cc(SC(=O)N(C)C)cc(SC(=S)N(C)C)c1. The fraction of sp³-hybridized carbons (Fsp3) is 0.357. The van der Waals surface area contributed by atoms with Crippen molar-refractivity contribution in [3.05, 3.63) is 23.8 Å². The molecular weight excluding hydrogens is 340 g/mol. The molecule has 22 heavy (non-hydrogen) atoms. The maximum absolute atomic E-state index is 11.8. The second kappa shape index (κ2) is 8.40. The lowest BCUT2D eigenvalue weighted by Crippen LogP contribution is -2.16. The zero-order valence-corrected chi connectivity index (χ0v) is 15.5. The number of hydrogen-bond acceptors (Lipinski definition) is 6. The topological polar surface area (TPSA) is 49.9 Å². The lowest BCUT2D eigenvalue weighted by atomic mass is 10.2. The molecule has 1 rings (SSSR count). The summed E-state index contributed by atoms with van der Waals surface area (Å²) < 4.78 is 5.42. The molecular formula is C14H18N2O3S3. The Morgan fingerprint density at radius 1 is 1.00 bits per heavy atom. The molecule has 0 fully saturated rings. The second-order valence-electron chi connectivity index (χ2n) is 4.71. The lowest BCUT2D eigenvalue weighted by molar-refractivity contribution is 0.0600. The molecule has 0 spiro atoms. The minimum Gasteiger partial charge on any atom is -0.465 e. The number of carbonyl (C=O) groups excluding carboxylic acids is 2. The van der Waals surface area contributed by atoms with Crippen LogP contribution in [0.15, 0.2) is 28.0 Å². The van der Waals surface area contributed by atoms with E-state index >= 15 is 0 Å². The van der Waals surface area contributed by atoms with Gasteiger partial charge in [0.15, 0.2) is 0 Å². The van der Waals surface area contributed by atoms with Gasteiger partial charge in [-0.25, -0.2) is 4.79 Å².